The van der Waals surface area contributed by atoms with Crippen molar-refractivity contribution in [3.63, 3.8) is 0 Å². The van der Waals surface area contributed by atoms with E-state index in [-0.39, 0.29) is 5.84 Å². The standard InChI is InChI=1S/C14H14ClN3O2/c1-8-5-10(6-9(2)13(8)15)20-12-7-17-4-3-11(12)14(16)18-19/h3-7,19H,1-2H3,(H2,16,18). The Morgan fingerprint density at radius 2 is 2.00 bits per heavy atom. The number of benzene rings is 1. The molecule has 1 aromatic heterocycles. The number of nitrogens with two attached hydrogens (primary N) is 1. The van der Waals surface area contributed by atoms with E-state index < -0.39 is 0 Å². The van der Waals surface area contributed by atoms with Crippen molar-refractivity contribution in [1.29, 1.82) is 0 Å². The van der Waals surface area contributed by atoms with Gasteiger partial charge in [-0.2, -0.15) is 0 Å². The van der Waals surface area contributed by atoms with Gasteiger partial charge in [0.1, 0.15) is 5.75 Å². The summed E-state index contributed by atoms with van der Waals surface area (Å²) in [7, 11) is 0. The monoisotopic (exact) mass is 291 g/mol. The van der Waals surface area contributed by atoms with Crippen LogP contribution in [0.5, 0.6) is 11.5 Å². The summed E-state index contributed by atoms with van der Waals surface area (Å²) in [6, 6.07) is 5.25. The number of amidine groups is 1. The zero-order chi connectivity index (χ0) is 14.7. The number of aromatic nitrogens is 1. The number of oxime groups is 1. The number of hydrogen-bond donors (Lipinski definition) is 2. The SMILES string of the molecule is Cc1cc(Oc2cnccc2/C(N)=N/O)cc(C)c1Cl. The van der Waals surface area contributed by atoms with Crippen LogP contribution in [0.4, 0.5) is 0 Å². The van der Waals surface area contributed by atoms with Crippen LogP contribution in [0.25, 0.3) is 0 Å². The van der Waals surface area contributed by atoms with Crippen LogP contribution in [-0.2, 0) is 0 Å². The van der Waals surface area contributed by atoms with Gasteiger partial charge in [-0.1, -0.05) is 16.8 Å². The molecular formula is C14H14ClN3O2. The third kappa shape index (κ3) is 2.83. The van der Waals surface area contributed by atoms with Crippen LogP contribution in [0.2, 0.25) is 5.02 Å². The number of hydrogen-bond acceptors (Lipinski definition) is 4. The van der Waals surface area contributed by atoms with Crippen molar-refractivity contribution in [2.24, 2.45) is 10.9 Å². The fourth-order valence-corrected chi connectivity index (χ4v) is 1.93. The van der Waals surface area contributed by atoms with Crippen molar-refractivity contribution in [3.8, 4) is 11.5 Å². The fraction of sp³-hybridized carbons (Fsp3) is 0.143. The summed E-state index contributed by atoms with van der Waals surface area (Å²) in [6.45, 7) is 3.80. The van der Waals surface area contributed by atoms with Crippen LogP contribution in [0.3, 0.4) is 0 Å². The first-order chi connectivity index (χ1) is 9.52. The molecule has 0 atom stereocenters. The Kier molecular flexibility index (Phi) is 4.10. The molecule has 1 heterocycles. The topological polar surface area (TPSA) is 80.7 Å². The predicted octanol–water partition coefficient (Wildman–Crippen LogP) is 3.24. The second kappa shape index (κ2) is 5.79. The molecule has 0 radical (unpaired) electrons. The summed E-state index contributed by atoms with van der Waals surface area (Å²) in [4.78, 5) is 3.98. The van der Waals surface area contributed by atoms with E-state index in [4.69, 9.17) is 27.3 Å². The molecule has 0 unspecified atom stereocenters. The van der Waals surface area contributed by atoms with Crippen molar-refractivity contribution in [2.45, 2.75) is 13.8 Å². The maximum atomic E-state index is 8.77. The fourth-order valence-electron chi connectivity index (χ4n) is 1.82. The summed E-state index contributed by atoms with van der Waals surface area (Å²) in [5, 5.41) is 12.5. The largest absolute Gasteiger partial charge is 0.455 e. The average molecular weight is 292 g/mol. The summed E-state index contributed by atoms with van der Waals surface area (Å²) in [5.41, 5.74) is 7.90. The molecule has 6 heteroatoms. The maximum absolute atomic E-state index is 8.77. The molecule has 0 fully saturated rings. The number of ether oxygens (including phenoxy) is 1. The molecule has 0 bridgehead atoms. The highest BCUT2D eigenvalue weighted by atomic mass is 35.5. The van der Waals surface area contributed by atoms with Crippen molar-refractivity contribution in [3.05, 3.63) is 52.3 Å². The van der Waals surface area contributed by atoms with Crippen molar-refractivity contribution in [2.75, 3.05) is 0 Å². The predicted molar refractivity (Wildman–Crippen MR) is 77.7 cm³/mol. The van der Waals surface area contributed by atoms with Gasteiger partial charge < -0.3 is 15.7 Å². The van der Waals surface area contributed by atoms with Gasteiger partial charge in [0.2, 0.25) is 0 Å². The molecule has 0 saturated heterocycles. The number of aryl methyl sites for hydroxylation is 2. The van der Waals surface area contributed by atoms with Gasteiger partial charge in [0.15, 0.2) is 11.6 Å². The first kappa shape index (κ1) is 14.1. The van der Waals surface area contributed by atoms with E-state index >= 15 is 0 Å². The molecule has 5 nitrogen and oxygen atoms in total. The average Bonchev–Trinajstić information content (AvgIpc) is 2.44. The Morgan fingerprint density at radius 1 is 1.35 bits per heavy atom. The van der Waals surface area contributed by atoms with Gasteiger partial charge >= 0.3 is 0 Å². The van der Waals surface area contributed by atoms with E-state index in [1.54, 1.807) is 12.3 Å². The quantitative estimate of drug-likeness (QED) is 0.394. The lowest BCUT2D eigenvalue weighted by atomic mass is 10.1. The summed E-state index contributed by atoms with van der Waals surface area (Å²) in [5.74, 6) is 0.984. The number of pyridine rings is 1. The smallest absolute Gasteiger partial charge is 0.173 e. The van der Waals surface area contributed by atoms with Gasteiger partial charge in [0.05, 0.1) is 11.8 Å². The van der Waals surface area contributed by atoms with E-state index in [9.17, 15) is 0 Å². The second-order valence-corrected chi connectivity index (χ2v) is 4.71. The summed E-state index contributed by atoms with van der Waals surface area (Å²) in [6.07, 6.45) is 3.05. The minimum Gasteiger partial charge on any atom is -0.455 e. The molecule has 2 aromatic rings. The minimum absolute atomic E-state index is 0.0372. The lowest BCUT2D eigenvalue weighted by Crippen LogP contribution is -2.14. The van der Waals surface area contributed by atoms with Crippen LogP contribution < -0.4 is 10.5 Å². The number of rotatable bonds is 3. The first-order valence-electron chi connectivity index (χ1n) is 5.89. The molecule has 0 aliphatic carbocycles. The Labute approximate surface area is 121 Å². The number of halogens is 1. The Bertz CT molecular complexity index is 648. The molecule has 3 N–H and O–H groups in total. The van der Waals surface area contributed by atoms with Gasteiger partial charge in [-0.05, 0) is 43.2 Å². The molecule has 104 valence electrons. The number of nitrogens with zero attached hydrogens (tertiary/aromatic N) is 2. The highest BCUT2D eigenvalue weighted by Gasteiger charge is 2.11. The lowest BCUT2D eigenvalue weighted by Gasteiger charge is -2.12. The molecular weight excluding hydrogens is 278 g/mol. The van der Waals surface area contributed by atoms with Gasteiger partial charge in [-0.25, -0.2) is 0 Å². The van der Waals surface area contributed by atoms with Crippen molar-refractivity contribution in [1.82, 2.24) is 4.98 Å². The molecule has 0 saturated carbocycles. The highest BCUT2D eigenvalue weighted by molar-refractivity contribution is 6.32. The molecule has 20 heavy (non-hydrogen) atoms. The van der Waals surface area contributed by atoms with Gasteiger partial charge in [0.25, 0.3) is 0 Å². The van der Waals surface area contributed by atoms with Crippen LogP contribution in [0.1, 0.15) is 16.7 Å². The van der Waals surface area contributed by atoms with Crippen LogP contribution in [0, 0.1) is 13.8 Å². The Balaban J connectivity index is 2.41. The lowest BCUT2D eigenvalue weighted by molar-refractivity contribution is 0.318. The molecule has 0 aliphatic rings. The van der Waals surface area contributed by atoms with E-state index in [2.05, 4.69) is 10.1 Å². The van der Waals surface area contributed by atoms with Crippen molar-refractivity contribution < 1.29 is 9.94 Å². The summed E-state index contributed by atoms with van der Waals surface area (Å²) < 4.78 is 5.76. The van der Waals surface area contributed by atoms with Crippen LogP contribution >= 0.6 is 11.6 Å². The van der Waals surface area contributed by atoms with E-state index in [0.29, 0.717) is 22.1 Å². The molecule has 0 amide bonds. The van der Waals surface area contributed by atoms with E-state index in [0.717, 1.165) is 11.1 Å². The normalized spacial score (nSPS) is 11.4. The highest BCUT2D eigenvalue weighted by Crippen LogP contribution is 2.30. The maximum Gasteiger partial charge on any atom is 0.173 e. The molecule has 0 aliphatic heterocycles. The summed E-state index contributed by atoms with van der Waals surface area (Å²) >= 11 is 6.12. The van der Waals surface area contributed by atoms with E-state index in [1.807, 2.05) is 26.0 Å². The third-order valence-electron chi connectivity index (χ3n) is 2.81. The Hall–Kier alpha value is -2.27. The molecule has 0 spiro atoms. The second-order valence-electron chi connectivity index (χ2n) is 4.33. The Morgan fingerprint density at radius 3 is 2.60 bits per heavy atom. The minimum atomic E-state index is -0.0372. The zero-order valence-corrected chi connectivity index (χ0v) is 11.8. The zero-order valence-electron chi connectivity index (χ0n) is 11.1. The molecule has 1 aromatic carbocycles. The third-order valence-corrected chi connectivity index (χ3v) is 3.40. The van der Waals surface area contributed by atoms with Crippen molar-refractivity contribution >= 4 is 17.4 Å². The van der Waals surface area contributed by atoms with Crippen LogP contribution in [0.15, 0.2) is 35.7 Å². The van der Waals surface area contributed by atoms with Gasteiger partial charge in [0, 0.05) is 11.2 Å². The molecule has 2 rings (SSSR count). The van der Waals surface area contributed by atoms with Gasteiger partial charge in [-0.3, -0.25) is 4.98 Å². The van der Waals surface area contributed by atoms with E-state index in [1.165, 1.54) is 6.20 Å². The van der Waals surface area contributed by atoms with Crippen LogP contribution in [-0.4, -0.2) is 16.0 Å². The first-order valence-corrected chi connectivity index (χ1v) is 6.27. The van der Waals surface area contributed by atoms with Gasteiger partial charge in [-0.15, -0.1) is 0 Å².